The average molecular weight is 248 g/mol. The summed E-state index contributed by atoms with van der Waals surface area (Å²) in [5.74, 6) is -1.72. The van der Waals surface area contributed by atoms with E-state index < -0.39 is 18.0 Å². The van der Waals surface area contributed by atoms with E-state index >= 15 is 0 Å². The fourth-order valence-electron chi connectivity index (χ4n) is 1.25. The van der Waals surface area contributed by atoms with Gasteiger partial charge >= 0.3 is 5.97 Å². The number of nitrogens with two attached hydrogens (primary N) is 1. The summed E-state index contributed by atoms with van der Waals surface area (Å²) in [4.78, 5) is 22.5. The number of primary amides is 1. The Balaban J connectivity index is 4.11. The molecule has 0 aliphatic carbocycles. The number of carboxylic acid groups (broad SMARTS) is 1. The molecule has 0 bridgehead atoms. The molecular weight excluding hydrogens is 228 g/mol. The monoisotopic (exact) mass is 248 g/mol. The van der Waals surface area contributed by atoms with Gasteiger partial charge in [0.15, 0.2) is 0 Å². The van der Waals surface area contributed by atoms with E-state index in [1.165, 1.54) is 4.90 Å². The van der Waals surface area contributed by atoms with E-state index in [0.717, 1.165) is 0 Å². The first-order valence-corrected chi connectivity index (χ1v) is 5.33. The van der Waals surface area contributed by atoms with Crippen molar-refractivity contribution in [3.8, 4) is 0 Å². The van der Waals surface area contributed by atoms with Crippen molar-refractivity contribution in [3.05, 3.63) is 0 Å². The molecule has 0 spiro atoms. The minimum atomic E-state index is -1.08. The first-order chi connectivity index (χ1) is 7.81. The highest BCUT2D eigenvalue weighted by Crippen LogP contribution is 1.96. The van der Waals surface area contributed by atoms with Crippen molar-refractivity contribution in [3.63, 3.8) is 0 Å². The Labute approximate surface area is 100 Å². The normalized spacial score (nSPS) is 13.0. The zero-order chi connectivity index (χ0) is 13.4. The molecule has 0 aliphatic rings. The van der Waals surface area contributed by atoms with E-state index in [1.54, 1.807) is 0 Å². The Morgan fingerprint density at radius 2 is 1.94 bits per heavy atom. The van der Waals surface area contributed by atoms with Gasteiger partial charge in [-0.2, -0.15) is 0 Å². The highest BCUT2D eigenvalue weighted by atomic mass is 16.5. The van der Waals surface area contributed by atoms with Crippen LogP contribution in [-0.4, -0.2) is 65.4 Å². The summed E-state index contributed by atoms with van der Waals surface area (Å²) >= 11 is 0. The number of ether oxygens (including phenoxy) is 1. The first-order valence-electron chi connectivity index (χ1n) is 5.33. The Hall–Kier alpha value is -1.18. The Morgan fingerprint density at radius 3 is 2.35 bits per heavy atom. The van der Waals surface area contributed by atoms with Gasteiger partial charge in [0.2, 0.25) is 5.91 Å². The smallest absolute Gasteiger partial charge is 0.317 e. The average Bonchev–Trinajstić information content (AvgIpc) is 2.12. The molecule has 0 saturated heterocycles. The van der Waals surface area contributed by atoms with Crippen LogP contribution in [0.15, 0.2) is 0 Å². The number of carbonyl (C=O) groups excluding carboxylic acids is 1. The zero-order valence-corrected chi connectivity index (χ0v) is 10.1. The maximum Gasteiger partial charge on any atom is 0.317 e. The van der Waals surface area contributed by atoms with E-state index in [1.807, 2.05) is 13.8 Å². The van der Waals surface area contributed by atoms with Crippen molar-refractivity contribution < 1.29 is 24.5 Å². The van der Waals surface area contributed by atoms with Crippen LogP contribution in [-0.2, 0) is 14.3 Å². The third kappa shape index (κ3) is 9.73. The Bertz CT molecular complexity index is 241. The van der Waals surface area contributed by atoms with E-state index in [-0.39, 0.29) is 32.3 Å². The summed E-state index contributed by atoms with van der Waals surface area (Å²) in [6.07, 6.45) is -0.871. The van der Waals surface area contributed by atoms with Gasteiger partial charge in [0, 0.05) is 6.54 Å². The van der Waals surface area contributed by atoms with Crippen LogP contribution in [0.4, 0.5) is 0 Å². The van der Waals surface area contributed by atoms with Crippen molar-refractivity contribution in [2.24, 2.45) is 5.73 Å². The third-order valence-electron chi connectivity index (χ3n) is 1.83. The largest absolute Gasteiger partial charge is 0.480 e. The van der Waals surface area contributed by atoms with Gasteiger partial charge in [0.1, 0.15) is 0 Å². The Kier molecular flexibility index (Phi) is 7.44. The van der Waals surface area contributed by atoms with Crippen LogP contribution in [0.2, 0.25) is 0 Å². The number of carboxylic acids is 1. The minimum absolute atomic E-state index is 0.0197. The van der Waals surface area contributed by atoms with Crippen LogP contribution >= 0.6 is 0 Å². The molecule has 0 heterocycles. The number of nitrogens with zero attached hydrogens (tertiary/aromatic N) is 1. The number of hydrogen-bond acceptors (Lipinski definition) is 5. The fourth-order valence-corrected chi connectivity index (χ4v) is 1.25. The second-order valence-corrected chi connectivity index (χ2v) is 4.07. The van der Waals surface area contributed by atoms with Crippen LogP contribution in [0.25, 0.3) is 0 Å². The van der Waals surface area contributed by atoms with Crippen molar-refractivity contribution in [2.75, 3.05) is 26.2 Å². The molecule has 0 aromatic rings. The molecular formula is C10H20N2O5. The van der Waals surface area contributed by atoms with E-state index in [4.69, 9.17) is 15.6 Å². The van der Waals surface area contributed by atoms with E-state index in [0.29, 0.717) is 0 Å². The van der Waals surface area contributed by atoms with Gasteiger partial charge in [-0.1, -0.05) is 0 Å². The summed E-state index contributed by atoms with van der Waals surface area (Å²) < 4.78 is 5.17. The van der Waals surface area contributed by atoms with Crippen LogP contribution < -0.4 is 5.73 Å². The molecule has 1 amide bonds. The number of aliphatic hydroxyl groups excluding tert-OH is 1. The van der Waals surface area contributed by atoms with Crippen molar-refractivity contribution in [2.45, 2.75) is 26.1 Å². The summed E-state index contributed by atoms with van der Waals surface area (Å²) in [7, 11) is 0. The third-order valence-corrected chi connectivity index (χ3v) is 1.83. The molecule has 0 rings (SSSR count). The van der Waals surface area contributed by atoms with Gasteiger partial charge in [-0.15, -0.1) is 0 Å². The molecule has 1 unspecified atom stereocenters. The minimum Gasteiger partial charge on any atom is -0.480 e. The number of carbonyl (C=O) groups is 2. The van der Waals surface area contributed by atoms with Crippen LogP contribution in [0.3, 0.4) is 0 Å². The van der Waals surface area contributed by atoms with E-state index in [9.17, 15) is 14.7 Å². The first kappa shape index (κ1) is 15.8. The number of amides is 1. The van der Waals surface area contributed by atoms with Gasteiger partial charge in [-0.05, 0) is 13.8 Å². The maximum absolute atomic E-state index is 10.7. The number of aliphatic hydroxyl groups is 1. The van der Waals surface area contributed by atoms with Crippen LogP contribution in [0.5, 0.6) is 0 Å². The highest BCUT2D eigenvalue weighted by Gasteiger charge is 2.16. The number of hydrogen-bond donors (Lipinski definition) is 3. The molecule has 0 radical (unpaired) electrons. The molecule has 17 heavy (non-hydrogen) atoms. The Morgan fingerprint density at radius 1 is 1.35 bits per heavy atom. The quantitative estimate of drug-likeness (QED) is 0.464. The van der Waals surface area contributed by atoms with Gasteiger partial charge in [0.05, 0.1) is 31.9 Å². The zero-order valence-electron chi connectivity index (χ0n) is 10.1. The lowest BCUT2D eigenvalue weighted by molar-refractivity contribution is -0.139. The lowest BCUT2D eigenvalue weighted by atomic mass is 10.3. The number of aliphatic carboxylic acids is 1. The molecule has 0 fully saturated rings. The number of rotatable bonds is 9. The summed E-state index contributed by atoms with van der Waals surface area (Å²) in [5.41, 5.74) is 4.98. The summed E-state index contributed by atoms with van der Waals surface area (Å²) in [5, 5.41) is 18.2. The van der Waals surface area contributed by atoms with Crippen LogP contribution in [0, 0.1) is 0 Å². The van der Waals surface area contributed by atoms with E-state index in [2.05, 4.69) is 0 Å². The second-order valence-electron chi connectivity index (χ2n) is 4.07. The van der Waals surface area contributed by atoms with Crippen molar-refractivity contribution >= 4 is 11.9 Å². The second kappa shape index (κ2) is 7.99. The SMILES string of the molecule is CC(C)OCC(O)CN(CC(N)=O)CC(=O)O. The molecule has 0 aliphatic heterocycles. The van der Waals surface area contributed by atoms with Crippen molar-refractivity contribution in [1.82, 2.24) is 4.90 Å². The summed E-state index contributed by atoms with van der Waals surface area (Å²) in [6.45, 7) is 3.22. The van der Waals surface area contributed by atoms with Crippen molar-refractivity contribution in [1.29, 1.82) is 0 Å². The van der Waals surface area contributed by atoms with Gasteiger partial charge < -0.3 is 20.7 Å². The molecule has 100 valence electrons. The molecule has 7 nitrogen and oxygen atoms in total. The lowest BCUT2D eigenvalue weighted by Crippen LogP contribution is -2.43. The fraction of sp³-hybridized carbons (Fsp3) is 0.800. The predicted octanol–water partition coefficient (Wildman–Crippen LogP) is -1.36. The summed E-state index contributed by atoms with van der Waals surface area (Å²) in [6, 6.07) is 0. The van der Waals surface area contributed by atoms with Crippen LogP contribution in [0.1, 0.15) is 13.8 Å². The molecule has 4 N–H and O–H groups in total. The molecule has 0 saturated carbocycles. The highest BCUT2D eigenvalue weighted by molar-refractivity contribution is 5.77. The lowest BCUT2D eigenvalue weighted by Gasteiger charge is -2.22. The molecule has 0 aromatic heterocycles. The van der Waals surface area contributed by atoms with Gasteiger partial charge in [-0.3, -0.25) is 14.5 Å². The topological polar surface area (TPSA) is 113 Å². The van der Waals surface area contributed by atoms with Gasteiger partial charge in [0.25, 0.3) is 0 Å². The molecule has 0 aromatic carbocycles. The molecule has 1 atom stereocenters. The predicted molar refractivity (Wildman–Crippen MR) is 60.4 cm³/mol. The van der Waals surface area contributed by atoms with Gasteiger partial charge in [-0.25, -0.2) is 0 Å². The maximum atomic E-state index is 10.7. The standard InChI is InChI=1S/C10H20N2O5/c1-7(2)17-6-8(13)3-12(4-9(11)14)5-10(15)16/h7-8,13H,3-6H2,1-2H3,(H2,11,14)(H,15,16). The molecule has 7 heteroatoms.